The van der Waals surface area contributed by atoms with Gasteiger partial charge in [0.25, 0.3) is 23.6 Å². The summed E-state index contributed by atoms with van der Waals surface area (Å²) in [5, 5.41) is 39.3. The fourth-order valence-corrected chi connectivity index (χ4v) is 10.5. The molecule has 0 aliphatic carbocycles. The second-order valence-corrected chi connectivity index (χ2v) is 23.7. The van der Waals surface area contributed by atoms with Crippen LogP contribution in [0.25, 0.3) is 22.1 Å². The Hall–Kier alpha value is -12.9. The number of nitrogens with two attached hydrogens (primary N) is 2. The number of methoxy groups -OCH3 is 1. The molecule has 7 rings (SSSR count). The van der Waals surface area contributed by atoms with Gasteiger partial charge >= 0.3 is 11.9 Å². The zero-order valence-corrected chi connectivity index (χ0v) is 59.9. The first-order valence-electron chi connectivity index (χ1n) is 33.8. The maximum atomic E-state index is 14.0. The molecule has 13 amide bonds. The molecule has 4 aromatic heterocycles. The molecule has 2 aromatic carbocycles. The Morgan fingerprint density at radius 1 is 0.574 bits per heavy atom. The predicted molar refractivity (Wildman–Crippen MR) is 378 cm³/mol. The highest BCUT2D eigenvalue weighted by molar-refractivity contribution is 6.14. The molecule has 578 valence electrons. The van der Waals surface area contributed by atoms with E-state index >= 15 is 0 Å². The fraction of sp³-hybridized carbons (Fsp3) is 0.418. The largest absolute Gasteiger partial charge is 0.494 e. The van der Waals surface area contributed by atoms with E-state index in [2.05, 4.69) is 57.7 Å². The van der Waals surface area contributed by atoms with Crippen molar-refractivity contribution in [3.05, 3.63) is 94.6 Å². The van der Waals surface area contributed by atoms with Crippen LogP contribution in [0.5, 0.6) is 11.5 Å². The van der Waals surface area contributed by atoms with Crippen molar-refractivity contribution in [2.75, 3.05) is 96.7 Å². The molecule has 2 atom stereocenters. The van der Waals surface area contributed by atoms with Gasteiger partial charge in [0.05, 0.1) is 88.8 Å². The molecule has 6 aromatic rings. The number of carboxylic acid groups (broad SMARTS) is 1. The van der Waals surface area contributed by atoms with Gasteiger partial charge in [0.2, 0.25) is 65.1 Å². The molecule has 41 heteroatoms. The highest BCUT2D eigenvalue weighted by atomic mass is 16.5. The van der Waals surface area contributed by atoms with Crippen molar-refractivity contribution in [2.24, 2.45) is 11.5 Å². The number of hydrogen-bond acceptors (Lipinski definition) is 24. The van der Waals surface area contributed by atoms with E-state index in [0.29, 0.717) is 40.4 Å². The molecule has 0 radical (unpaired) electrons. The molecule has 1 aliphatic heterocycles. The molecule has 108 heavy (non-hydrogen) atoms. The third kappa shape index (κ3) is 23.8. The third-order valence-electron chi connectivity index (χ3n) is 15.7. The van der Waals surface area contributed by atoms with Gasteiger partial charge in [0.1, 0.15) is 59.1 Å². The lowest BCUT2D eigenvalue weighted by Gasteiger charge is -2.20. The van der Waals surface area contributed by atoms with Crippen LogP contribution in [0, 0.1) is 13.8 Å². The van der Waals surface area contributed by atoms with Crippen LogP contribution in [-0.4, -0.2) is 236 Å². The van der Waals surface area contributed by atoms with Crippen LogP contribution in [0.2, 0.25) is 0 Å². The van der Waals surface area contributed by atoms with E-state index in [4.69, 9.17) is 45.2 Å². The van der Waals surface area contributed by atoms with Gasteiger partial charge in [-0.15, -0.1) is 0 Å². The number of ether oxygens (including phenoxy) is 5. The molecule has 0 unspecified atom stereocenters. The van der Waals surface area contributed by atoms with Crippen molar-refractivity contribution in [3.8, 4) is 11.5 Å². The van der Waals surface area contributed by atoms with Gasteiger partial charge in [-0.2, -0.15) is 10.2 Å². The van der Waals surface area contributed by atoms with E-state index in [0.717, 1.165) is 12.2 Å². The van der Waals surface area contributed by atoms with Gasteiger partial charge in [0, 0.05) is 75.3 Å². The van der Waals surface area contributed by atoms with Crippen molar-refractivity contribution >= 4 is 123 Å². The standard InChI is InChI=1S/C67H84N20O21/c1-7-86-45(26-37(3)81-86)63(101)79-66-77-43-28-40(60(68)98)30-47(104-6)58(43)83(66)18-9-10-19-84-59-44(78-67(84)80-64(102)46-27-38(4)82-87(46)8-2)29-41(61(69)99)31-48(59)107-20-11-21-108-65(103)39(5)75-50(89)16-22-105-24-25-106-23-17-70-49(88)13-12-42(76-54(93)36-85-55(94)14-15-56(85)95)62(100)74-34-53(92)72-32-51(90)71-33-52(91)73-35-57(96)97/h9-10,14-15,26-31,39,42H,7-8,11-13,16-25,32-36H2,1-6H3,(H2,68,98)(H2,69,99)(H,70,88)(H,71,90)(H,72,92)(H,73,91)(H,74,100)(H,75,89)(H,76,93)(H,96,97)(H,77,79,101)(H,78,80,102)/b10-9+/t39-,42-/m0/s1. The number of aliphatic carboxylic acids is 1. The molecule has 14 N–H and O–H groups in total. The van der Waals surface area contributed by atoms with Gasteiger partial charge in [-0.25, -0.2) is 14.8 Å². The number of allylic oxidation sites excluding steroid dienone is 2. The average Bonchev–Trinajstić information content (AvgIpc) is 1.62. The maximum Gasteiger partial charge on any atom is 0.328 e. The van der Waals surface area contributed by atoms with E-state index in [1.165, 1.54) is 43.0 Å². The number of anilines is 2. The van der Waals surface area contributed by atoms with Gasteiger partial charge in [-0.05, 0) is 77.4 Å². The Kier molecular flexibility index (Phi) is 30.3. The highest BCUT2D eigenvalue weighted by Gasteiger charge is 2.30. The van der Waals surface area contributed by atoms with Crippen LogP contribution in [0.3, 0.4) is 0 Å². The van der Waals surface area contributed by atoms with Crippen LogP contribution in [0.1, 0.15) is 99.5 Å². The van der Waals surface area contributed by atoms with Crippen LogP contribution in [0.15, 0.2) is 60.7 Å². The summed E-state index contributed by atoms with van der Waals surface area (Å²) in [6.07, 6.45) is 4.69. The number of nitrogens with zero attached hydrogens (tertiary/aromatic N) is 9. The zero-order valence-electron chi connectivity index (χ0n) is 59.9. The van der Waals surface area contributed by atoms with E-state index in [1.807, 2.05) is 19.2 Å². The van der Waals surface area contributed by atoms with Crippen molar-refractivity contribution < 1.29 is 101 Å². The number of nitrogens with one attached hydrogen (secondary N) is 9. The van der Waals surface area contributed by atoms with Crippen molar-refractivity contribution in [2.45, 2.75) is 98.6 Å². The highest BCUT2D eigenvalue weighted by Crippen LogP contribution is 2.33. The first-order valence-corrected chi connectivity index (χ1v) is 33.8. The summed E-state index contributed by atoms with van der Waals surface area (Å²) in [6, 6.07) is 6.50. The molecule has 0 fully saturated rings. The molecule has 0 spiro atoms. The normalized spacial score (nSPS) is 12.3. The Balaban J connectivity index is 0.869. The number of carbonyl (C=O) groups excluding carboxylic acids is 14. The molecule has 41 nitrogen and oxygen atoms in total. The molecule has 0 saturated heterocycles. The molecular formula is C67H84N20O21. The van der Waals surface area contributed by atoms with Crippen LogP contribution in [0.4, 0.5) is 11.9 Å². The van der Waals surface area contributed by atoms with Gasteiger partial charge in [-0.1, -0.05) is 12.2 Å². The molecule has 1 aliphatic rings. The Morgan fingerprint density at radius 2 is 1.08 bits per heavy atom. The summed E-state index contributed by atoms with van der Waals surface area (Å²) in [7, 11) is 1.41. The van der Waals surface area contributed by atoms with Crippen LogP contribution < -0.4 is 68.8 Å². The Morgan fingerprint density at radius 3 is 1.60 bits per heavy atom. The van der Waals surface area contributed by atoms with E-state index in [-0.39, 0.29) is 142 Å². The summed E-state index contributed by atoms with van der Waals surface area (Å²) in [6.45, 7) is 5.82. The number of rotatable bonds is 44. The number of hydrogen-bond donors (Lipinski definition) is 12. The number of aromatic nitrogens is 8. The zero-order chi connectivity index (χ0) is 78.7. The number of carbonyl (C=O) groups is 15. The summed E-state index contributed by atoms with van der Waals surface area (Å²) in [4.78, 5) is 198. The summed E-state index contributed by atoms with van der Waals surface area (Å²) in [5.41, 5.74) is 14.6. The van der Waals surface area contributed by atoms with E-state index in [1.54, 1.807) is 51.9 Å². The van der Waals surface area contributed by atoms with Crippen molar-refractivity contribution in [1.29, 1.82) is 0 Å². The minimum Gasteiger partial charge on any atom is -0.494 e. The van der Waals surface area contributed by atoms with Gasteiger partial charge in [0.15, 0.2) is 0 Å². The van der Waals surface area contributed by atoms with Gasteiger partial charge in [-0.3, -0.25) is 92.0 Å². The number of imidazole rings is 2. The molecular weight excluding hydrogens is 1420 g/mol. The lowest BCUT2D eigenvalue weighted by Crippen LogP contribution is -2.52. The number of carboxylic acids is 1. The molecule has 5 heterocycles. The van der Waals surface area contributed by atoms with Crippen LogP contribution >= 0.6 is 0 Å². The first-order chi connectivity index (χ1) is 51.6. The monoisotopic (exact) mass is 1500 g/mol. The minimum absolute atomic E-state index is 0.000838. The van der Waals surface area contributed by atoms with E-state index in [9.17, 15) is 71.9 Å². The van der Waals surface area contributed by atoms with Crippen LogP contribution in [-0.2, 0) is 93.1 Å². The number of fused-ring (bicyclic) bond motifs is 2. The lowest BCUT2D eigenvalue weighted by atomic mass is 10.1. The number of benzene rings is 2. The van der Waals surface area contributed by atoms with Gasteiger partial charge < -0.3 is 86.6 Å². The van der Waals surface area contributed by atoms with Crippen molar-refractivity contribution in [3.63, 3.8) is 0 Å². The molecule has 0 saturated carbocycles. The second kappa shape index (κ2) is 39.8. The number of amides is 13. The minimum atomic E-state index is -1.46. The Bertz CT molecular complexity index is 4450. The SMILES string of the molecule is CCn1nc(C)cc1C(=O)Nc1nc2cc(C(N)=O)cc(OC)c2n1C/C=C/Cn1c(NC(=O)c2cc(C)nn2CC)nc2cc(C(N)=O)cc(OCCCOC(=O)[C@H](C)NC(=O)CCOCCOCCNC(=O)CC[C@H](NC(=O)CN3C(=O)C=CC3=O)C(=O)NCC(=O)NCC(=O)NCC(=O)NCC(=O)O)c21. The second-order valence-electron chi connectivity index (χ2n) is 23.7. The topological polar surface area (TPSA) is 557 Å². The number of esters is 1. The predicted octanol–water partition coefficient (Wildman–Crippen LogP) is -2.50. The first kappa shape index (κ1) is 82.3. The average molecular weight is 1510 g/mol. The quantitative estimate of drug-likeness (QED) is 0.00814. The third-order valence-corrected chi connectivity index (χ3v) is 15.7. The summed E-state index contributed by atoms with van der Waals surface area (Å²) < 4.78 is 34.8. The number of imide groups is 1. The summed E-state index contributed by atoms with van der Waals surface area (Å²) >= 11 is 0. The Labute approximate surface area is 614 Å². The molecule has 0 bridgehead atoms. The van der Waals surface area contributed by atoms with E-state index < -0.39 is 134 Å². The smallest absolute Gasteiger partial charge is 0.328 e. The van der Waals surface area contributed by atoms with Crippen molar-refractivity contribution in [1.82, 2.24) is 80.8 Å². The maximum absolute atomic E-state index is 14.0. The summed E-state index contributed by atoms with van der Waals surface area (Å²) in [5.74, 6) is -11.2. The lowest BCUT2D eigenvalue weighted by molar-refractivity contribution is -0.147. The number of primary amides is 2. The number of aryl methyl sites for hydroxylation is 4. The fourth-order valence-electron chi connectivity index (χ4n) is 10.5.